The maximum absolute atomic E-state index is 9.34. The topological polar surface area (TPSA) is 37.3 Å². The van der Waals surface area contributed by atoms with E-state index < -0.39 is 19.6 Å². The van der Waals surface area contributed by atoms with Gasteiger partial charge in [0.15, 0.2) is 0 Å². The zero-order valence-electron chi connectivity index (χ0n) is 2.64. The first-order chi connectivity index (χ1) is 2.27. The number of hydrogen-bond acceptors (Lipinski definition) is 1. The van der Waals surface area contributed by atoms with Crippen LogP contribution in [-0.2, 0) is 0 Å². The third-order valence-corrected chi connectivity index (χ3v) is 0.524. The van der Waals surface area contributed by atoms with Gasteiger partial charge in [-0.15, -0.1) is 0 Å². The van der Waals surface area contributed by atoms with Gasteiger partial charge >= 0.3 is 34.9 Å². The van der Waals surface area contributed by atoms with Gasteiger partial charge in [-0.05, 0) is 0 Å². The number of carbonyl (C=O) groups is 1. The molecule has 0 aliphatic carbocycles. The first-order valence-corrected chi connectivity index (χ1v) is 2.52. The summed E-state index contributed by atoms with van der Waals surface area (Å²) < 4.78 is 0. The minimum absolute atomic E-state index is 0.602. The summed E-state index contributed by atoms with van der Waals surface area (Å²) in [5, 5.41) is 10.9. The molecular weight excluding hydrogens is 83.0 g/mol. The van der Waals surface area contributed by atoms with Crippen LogP contribution in [0.25, 0.3) is 0 Å². The average Bonchev–Trinajstić information content (AvgIpc) is 1.38. The average molecular weight is 86.0 g/mol. The Morgan fingerprint density at radius 2 is 2.20 bits per heavy atom. The molecule has 0 heterocycles. The van der Waals surface area contributed by atoms with Gasteiger partial charge in [-0.2, -0.15) is 0 Å². The molecule has 0 aromatic rings. The van der Waals surface area contributed by atoms with Crippen molar-refractivity contribution in [3.05, 3.63) is 0 Å². The van der Waals surface area contributed by atoms with E-state index in [0.717, 1.165) is 0 Å². The van der Waals surface area contributed by atoms with E-state index >= 15 is 0 Å². The van der Waals surface area contributed by atoms with Crippen molar-refractivity contribution in [1.82, 2.24) is 0 Å². The Morgan fingerprint density at radius 3 is 2.20 bits per heavy atom. The molecule has 3 heteroatoms. The molecule has 5 heavy (non-hydrogen) atoms. The van der Waals surface area contributed by atoms with E-state index in [1.165, 1.54) is 0 Å². The van der Waals surface area contributed by atoms with Gasteiger partial charge in [0.2, 0.25) is 0 Å². The van der Waals surface area contributed by atoms with Crippen molar-refractivity contribution in [2.75, 3.05) is 0 Å². The second-order valence-corrected chi connectivity index (χ2v) is 1.44. The zero-order chi connectivity index (χ0) is 4.28. The van der Waals surface area contributed by atoms with Crippen LogP contribution in [0.2, 0.25) is 0 Å². The summed E-state index contributed by atoms with van der Waals surface area (Å²) in [7, 11) is 0. The standard InChI is InChI=1S/CHO2.CH2.Al/c2-1-3;;/h(H,2,3);1H2;. The van der Waals surface area contributed by atoms with Gasteiger partial charge in [0.1, 0.15) is 0 Å². The molecule has 0 aliphatic rings. The van der Waals surface area contributed by atoms with Gasteiger partial charge in [0, 0.05) is 0 Å². The first kappa shape index (κ1) is 4.87. The van der Waals surface area contributed by atoms with E-state index in [1.54, 1.807) is 0 Å². The van der Waals surface area contributed by atoms with Gasteiger partial charge in [-0.1, -0.05) is 0 Å². The molecule has 0 saturated heterocycles. The minimum atomic E-state index is -0.773. The van der Waals surface area contributed by atoms with Gasteiger partial charge in [-0.25, -0.2) is 0 Å². The van der Waals surface area contributed by atoms with Gasteiger partial charge < -0.3 is 0 Å². The Labute approximate surface area is 35.7 Å². The second kappa shape index (κ2) is 2.13. The third-order valence-electron chi connectivity index (χ3n) is 0.175. The molecule has 0 aromatic heterocycles. The van der Waals surface area contributed by atoms with E-state index in [-0.39, 0.29) is 0 Å². The van der Waals surface area contributed by atoms with E-state index in [4.69, 9.17) is 5.11 Å². The van der Waals surface area contributed by atoms with Crippen LogP contribution in [0.1, 0.15) is 0 Å². The van der Waals surface area contributed by atoms with Crippen LogP contribution in [0, 0.1) is 0 Å². The third kappa shape index (κ3) is 3.87. The molecule has 0 rings (SSSR count). The number of rotatable bonds is 1. The fourth-order valence-corrected chi connectivity index (χ4v) is 0. The van der Waals surface area contributed by atoms with Crippen LogP contribution in [0.5, 0.6) is 0 Å². The molecule has 0 aliphatic heterocycles. The summed E-state index contributed by atoms with van der Waals surface area (Å²) in [5.74, 6) is 0. The number of hydrogen-bond donors (Lipinski definition) is 1. The molecule has 0 aromatic carbocycles. The van der Waals surface area contributed by atoms with E-state index in [0.29, 0.717) is 0 Å². The van der Waals surface area contributed by atoms with Gasteiger partial charge in [0.05, 0.1) is 0 Å². The Balaban J connectivity index is 3.20. The predicted molar refractivity (Wildman–Crippen MR) is 20.9 cm³/mol. The molecule has 0 spiro atoms. The van der Waals surface area contributed by atoms with Gasteiger partial charge in [-0.3, -0.25) is 0 Å². The molecule has 26 valence electrons. The molecule has 1 N–H and O–H groups in total. The molecule has 0 saturated carbocycles. The van der Waals surface area contributed by atoms with Crippen molar-refractivity contribution in [1.29, 1.82) is 0 Å². The van der Waals surface area contributed by atoms with E-state index in [2.05, 4.69) is 5.39 Å². The fraction of sp³-hybridized carbons (Fsp3) is 0. The molecule has 0 fully saturated rings. The van der Waals surface area contributed by atoms with Crippen LogP contribution in [-0.4, -0.2) is 30.1 Å². The van der Waals surface area contributed by atoms with Crippen LogP contribution < -0.4 is 0 Å². The summed E-state index contributed by atoms with van der Waals surface area (Å²) in [6.45, 7) is 0. The molecule has 0 bridgehead atoms. The predicted octanol–water partition coefficient (Wildman–Crippen LogP) is -0.199. The summed E-state index contributed by atoms with van der Waals surface area (Å²) in [6.07, 6.45) is 0. The molecule has 0 atom stereocenters. The van der Waals surface area contributed by atoms with Crippen molar-refractivity contribution < 1.29 is 9.90 Å². The Hall–Kier alpha value is -0.128. The fourth-order valence-electron chi connectivity index (χ4n) is 0. The van der Waals surface area contributed by atoms with Crippen molar-refractivity contribution in [3.8, 4) is 0 Å². The molecule has 0 amide bonds. The van der Waals surface area contributed by atoms with Crippen molar-refractivity contribution in [2.24, 2.45) is 0 Å². The Morgan fingerprint density at radius 1 is 2.00 bits per heavy atom. The van der Waals surface area contributed by atoms with Crippen LogP contribution in [0.4, 0.5) is 4.79 Å². The van der Waals surface area contributed by atoms with E-state index in [1.807, 2.05) is 0 Å². The SMILES string of the molecule is [CH2]=[Al][C](=O)O. The van der Waals surface area contributed by atoms with Crippen molar-refractivity contribution in [2.45, 2.75) is 0 Å². The second-order valence-electron chi connectivity index (χ2n) is 0.542. The summed E-state index contributed by atoms with van der Waals surface area (Å²) >= 11 is -0.602. The normalized spacial score (nSPS) is 5.60. The van der Waals surface area contributed by atoms with Crippen LogP contribution in [0.15, 0.2) is 0 Å². The monoisotopic (exact) mass is 86.0 g/mol. The molecule has 0 radical (unpaired) electrons. The summed E-state index contributed by atoms with van der Waals surface area (Å²) in [4.78, 5) is 8.57. The van der Waals surface area contributed by atoms with Crippen LogP contribution >= 0.6 is 0 Å². The molecule has 0 unspecified atom stereocenters. The Kier molecular flexibility index (Phi) is 2.08. The molecule has 2 nitrogen and oxygen atoms in total. The van der Waals surface area contributed by atoms with Crippen molar-refractivity contribution >= 4 is 25.0 Å². The summed E-state index contributed by atoms with van der Waals surface area (Å²) in [6, 6.07) is 0. The Bertz CT molecular complexity index is 58.7. The van der Waals surface area contributed by atoms with Gasteiger partial charge in [0.25, 0.3) is 0 Å². The van der Waals surface area contributed by atoms with Crippen LogP contribution in [0.3, 0.4) is 0 Å². The quantitative estimate of drug-likeness (QED) is 0.449. The van der Waals surface area contributed by atoms with E-state index in [9.17, 15) is 4.79 Å². The first-order valence-electron chi connectivity index (χ1n) is 1.12. The maximum atomic E-state index is 9.34. The summed E-state index contributed by atoms with van der Waals surface area (Å²) in [5.41, 5.74) is 0. The number of carboxylic acid groups (broad SMARTS) is 1. The van der Waals surface area contributed by atoms with Crippen molar-refractivity contribution in [3.63, 3.8) is 0 Å². The molecular formula is C2H3AlO2. The zero-order valence-corrected chi connectivity index (χ0v) is 3.79.